The second-order valence-electron chi connectivity index (χ2n) is 5.07. The fourth-order valence-electron chi connectivity index (χ4n) is 2.04. The highest BCUT2D eigenvalue weighted by atomic mass is 16.5. The zero-order chi connectivity index (χ0) is 16.7. The summed E-state index contributed by atoms with van der Waals surface area (Å²) in [4.78, 5) is 23.8. The average molecular weight is 313 g/mol. The molecule has 2 aromatic carbocycles. The Morgan fingerprint density at radius 2 is 1.83 bits per heavy atom. The zero-order valence-electron chi connectivity index (χ0n) is 13.2. The fourth-order valence-corrected chi connectivity index (χ4v) is 2.04. The molecule has 0 aromatic heterocycles. The first kappa shape index (κ1) is 16.7. The molecule has 1 amide bonds. The highest BCUT2D eigenvalue weighted by Gasteiger charge is 2.09. The van der Waals surface area contributed by atoms with Crippen molar-refractivity contribution in [2.75, 3.05) is 25.6 Å². The number of carbonyl (C=O) groups excluding carboxylic acids is 2. The number of carbonyl (C=O) groups is 2. The van der Waals surface area contributed by atoms with Gasteiger partial charge in [0.05, 0.1) is 7.11 Å². The maximum absolute atomic E-state index is 12.0. The van der Waals surface area contributed by atoms with Crippen molar-refractivity contribution in [3.8, 4) is 5.75 Å². The lowest BCUT2D eigenvalue weighted by Gasteiger charge is -2.07. The number of rotatable bonds is 7. The number of hydrogen-bond donors (Lipinski definition) is 1. The maximum atomic E-state index is 12.0. The van der Waals surface area contributed by atoms with Gasteiger partial charge in [0.1, 0.15) is 19.0 Å². The van der Waals surface area contributed by atoms with E-state index < -0.39 is 0 Å². The van der Waals surface area contributed by atoms with Crippen molar-refractivity contribution in [1.29, 1.82) is 0 Å². The molecule has 0 aliphatic heterocycles. The number of benzene rings is 2. The quantitative estimate of drug-likeness (QED) is 0.798. The monoisotopic (exact) mass is 313 g/mol. The summed E-state index contributed by atoms with van der Waals surface area (Å²) in [5.41, 5.74) is 2.25. The Bertz CT molecular complexity index is 697. The molecule has 5 heteroatoms. The molecule has 2 rings (SSSR count). The van der Waals surface area contributed by atoms with Gasteiger partial charge in [-0.15, -0.1) is 0 Å². The number of aryl methyl sites for hydroxylation is 1. The number of hydrogen-bond acceptors (Lipinski definition) is 4. The van der Waals surface area contributed by atoms with E-state index in [0.29, 0.717) is 17.0 Å². The van der Waals surface area contributed by atoms with Gasteiger partial charge >= 0.3 is 0 Å². The molecule has 23 heavy (non-hydrogen) atoms. The predicted molar refractivity (Wildman–Crippen MR) is 88.0 cm³/mol. The first-order valence-corrected chi connectivity index (χ1v) is 7.20. The lowest BCUT2D eigenvalue weighted by molar-refractivity contribution is -0.120. The van der Waals surface area contributed by atoms with Crippen molar-refractivity contribution in [2.24, 2.45) is 0 Å². The molecule has 0 heterocycles. The van der Waals surface area contributed by atoms with Crippen molar-refractivity contribution in [3.05, 3.63) is 59.7 Å². The first-order chi connectivity index (χ1) is 11.1. The molecule has 0 aliphatic carbocycles. The zero-order valence-corrected chi connectivity index (χ0v) is 13.2. The van der Waals surface area contributed by atoms with Crippen LogP contribution in [0, 0.1) is 6.92 Å². The van der Waals surface area contributed by atoms with Crippen LogP contribution in [0.25, 0.3) is 0 Å². The SMILES string of the molecule is COc1cccc(C(=O)COCC(=O)Nc2cccc(C)c2)c1. The summed E-state index contributed by atoms with van der Waals surface area (Å²) >= 11 is 0. The molecule has 0 fully saturated rings. The maximum Gasteiger partial charge on any atom is 0.250 e. The van der Waals surface area contributed by atoms with E-state index in [-0.39, 0.29) is 24.9 Å². The van der Waals surface area contributed by atoms with E-state index in [1.54, 1.807) is 30.3 Å². The third-order valence-corrected chi connectivity index (χ3v) is 3.16. The number of anilines is 1. The van der Waals surface area contributed by atoms with Crippen LogP contribution in [0.2, 0.25) is 0 Å². The van der Waals surface area contributed by atoms with Crippen LogP contribution < -0.4 is 10.1 Å². The van der Waals surface area contributed by atoms with Crippen molar-refractivity contribution in [2.45, 2.75) is 6.92 Å². The molecule has 0 aliphatic rings. The minimum atomic E-state index is -0.297. The molecular formula is C18H19NO4. The smallest absolute Gasteiger partial charge is 0.250 e. The van der Waals surface area contributed by atoms with Crippen molar-refractivity contribution >= 4 is 17.4 Å². The van der Waals surface area contributed by atoms with Crippen LogP contribution in [0.5, 0.6) is 5.75 Å². The first-order valence-electron chi connectivity index (χ1n) is 7.20. The largest absolute Gasteiger partial charge is 0.497 e. The Morgan fingerprint density at radius 1 is 1.04 bits per heavy atom. The van der Waals surface area contributed by atoms with E-state index in [1.807, 2.05) is 25.1 Å². The van der Waals surface area contributed by atoms with Gasteiger partial charge in [-0.1, -0.05) is 24.3 Å². The summed E-state index contributed by atoms with van der Waals surface area (Å²) in [5, 5.41) is 2.72. The van der Waals surface area contributed by atoms with Crippen molar-refractivity contribution in [1.82, 2.24) is 0 Å². The van der Waals surface area contributed by atoms with Crippen LogP contribution in [0.4, 0.5) is 5.69 Å². The summed E-state index contributed by atoms with van der Waals surface area (Å²) in [7, 11) is 1.54. The normalized spacial score (nSPS) is 10.2. The van der Waals surface area contributed by atoms with Crippen molar-refractivity contribution < 1.29 is 19.1 Å². The average Bonchev–Trinajstić information content (AvgIpc) is 2.54. The topological polar surface area (TPSA) is 64.6 Å². The van der Waals surface area contributed by atoms with E-state index in [2.05, 4.69) is 5.32 Å². The minimum Gasteiger partial charge on any atom is -0.497 e. The number of ketones is 1. The number of ether oxygens (including phenoxy) is 2. The Labute approximate surface area is 135 Å². The van der Waals surface area contributed by atoms with Gasteiger partial charge in [-0.2, -0.15) is 0 Å². The van der Waals surface area contributed by atoms with E-state index in [4.69, 9.17) is 9.47 Å². The van der Waals surface area contributed by atoms with Crippen LogP contribution in [0.3, 0.4) is 0 Å². The molecule has 0 radical (unpaired) electrons. The number of methoxy groups -OCH3 is 1. The summed E-state index contributed by atoms with van der Waals surface area (Å²) in [6.45, 7) is 1.61. The highest BCUT2D eigenvalue weighted by Crippen LogP contribution is 2.13. The number of amides is 1. The molecule has 2 aromatic rings. The Kier molecular flexibility index (Phi) is 5.88. The van der Waals surface area contributed by atoms with Crippen LogP contribution in [-0.2, 0) is 9.53 Å². The Balaban J connectivity index is 1.79. The van der Waals surface area contributed by atoms with E-state index in [1.165, 1.54) is 7.11 Å². The molecule has 1 N–H and O–H groups in total. The third kappa shape index (κ3) is 5.23. The van der Waals surface area contributed by atoms with Gasteiger partial charge in [-0.25, -0.2) is 0 Å². The molecule has 120 valence electrons. The molecule has 0 unspecified atom stereocenters. The van der Waals surface area contributed by atoms with Crippen molar-refractivity contribution in [3.63, 3.8) is 0 Å². The summed E-state index contributed by atoms with van der Waals surface area (Å²) in [6.07, 6.45) is 0. The summed E-state index contributed by atoms with van der Waals surface area (Å²) in [6, 6.07) is 14.3. The highest BCUT2D eigenvalue weighted by molar-refractivity contribution is 5.98. The van der Waals surface area contributed by atoms with E-state index in [9.17, 15) is 9.59 Å². The van der Waals surface area contributed by atoms with Crippen LogP contribution in [0.1, 0.15) is 15.9 Å². The number of Topliss-reactive ketones (excluding diaryl/α,β-unsaturated/α-hetero) is 1. The van der Waals surface area contributed by atoms with Crippen LogP contribution >= 0.6 is 0 Å². The van der Waals surface area contributed by atoms with E-state index in [0.717, 1.165) is 5.56 Å². The number of nitrogens with one attached hydrogen (secondary N) is 1. The molecule has 0 spiro atoms. The molecule has 0 bridgehead atoms. The van der Waals surface area contributed by atoms with Gasteiger partial charge in [0.25, 0.3) is 0 Å². The second-order valence-corrected chi connectivity index (χ2v) is 5.07. The molecule has 0 saturated carbocycles. The Morgan fingerprint density at radius 3 is 2.57 bits per heavy atom. The molecule has 5 nitrogen and oxygen atoms in total. The van der Waals surface area contributed by atoms with Gasteiger partial charge < -0.3 is 14.8 Å². The van der Waals surface area contributed by atoms with Crippen LogP contribution in [-0.4, -0.2) is 32.0 Å². The summed E-state index contributed by atoms with van der Waals surface area (Å²) in [5.74, 6) is 0.106. The van der Waals surface area contributed by atoms with Gasteiger partial charge in [0.15, 0.2) is 5.78 Å². The molecule has 0 atom stereocenters. The van der Waals surface area contributed by atoms with Crippen LogP contribution in [0.15, 0.2) is 48.5 Å². The standard InChI is InChI=1S/C18H19NO4/c1-13-5-3-7-15(9-13)19-18(21)12-23-11-17(20)14-6-4-8-16(10-14)22-2/h3-10H,11-12H2,1-2H3,(H,19,21). The lowest BCUT2D eigenvalue weighted by Crippen LogP contribution is -2.21. The summed E-state index contributed by atoms with van der Waals surface area (Å²) < 4.78 is 10.3. The van der Waals surface area contributed by atoms with E-state index >= 15 is 0 Å². The van der Waals surface area contributed by atoms with Gasteiger partial charge in [-0.05, 0) is 36.8 Å². The minimum absolute atomic E-state index is 0.158. The van der Waals surface area contributed by atoms with Gasteiger partial charge in [0, 0.05) is 11.3 Å². The third-order valence-electron chi connectivity index (χ3n) is 3.16. The van der Waals surface area contributed by atoms with Gasteiger partial charge in [-0.3, -0.25) is 9.59 Å². The fraction of sp³-hybridized carbons (Fsp3) is 0.222. The molecule has 0 saturated heterocycles. The van der Waals surface area contributed by atoms with Gasteiger partial charge in [0.2, 0.25) is 5.91 Å². The second kappa shape index (κ2) is 8.10. The molecular weight excluding hydrogens is 294 g/mol. The lowest BCUT2D eigenvalue weighted by atomic mass is 10.1. The Hall–Kier alpha value is -2.66. The predicted octanol–water partition coefficient (Wildman–Crippen LogP) is 2.84.